The van der Waals surface area contributed by atoms with E-state index in [-0.39, 0.29) is 18.1 Å². The molecule has 0 radical (unpaired) electrons. The SMILES string of the molecule is O=C(CN1CCN(Cc2ccccc2)CC1)Nc1ccc(Br)cc1F. The maximum atomic E-state index is 13.8. The molecule has 6 heteroatoms. The van der Waals surface area contributed by atoms with E-state index in [1.165, 1.54) is 11.6 Å². The largest absolute Gasteiger partial charge is 0.322 e. The molecule has 25 heavy (non-hydrogen) atoms. The van der Waals surface area contributed by atoms with E-state index in [0.717, 1.165) is 32.7 Å². The van der Waals surface area contributed by atoms with Gasteiger partial charge in [-0.05, 0) is 23.8 Å². The number of rotatable bonds is 5. The molecule has 2 aromatic rings. The van der Waals surface area contributed by atoms with Crippen molar-refractivity contribution in [2.75, 3.05) is 38.0 Å². The number of halogens is 2. The molecule has 1 saturated heterocycles. The monoisotopic (exact) mass is 405 g/mol. The van der Waals surface area contributed by atoms with E-state index >= 15 is 0 Å². The van der Waals surface area contributed by atoms with Crippen molar-refractivity contribution >= 4 is 27.5 Å². The summed E-state index contributed by atoms with van der Waals surface area (Å²) in [6.45, 7) is 4.75. The van der Waals surface area contributed by atoms with E-state index in [9.17, 15) is 9.18 Å². The Bertz CT molecular complexity index is 718. The number of nitrogens with one attached hydrogen (secondary N) is 1. The standard InChI is InChI=1S/C19H21BrFN3O/c20-16-6-7-18(17(21)12-16)22-19(25)14-24-10-8-23(9-11-24)13-15-4-2-1-3-5-15/h1-7,12H,8-11,13-14H2,(H,22,25). The quantitative estimate of drug-likeness (QED) is 0.828. The maximum Gasteiger partial charge on any atom is 0.238 e. The lowest BCUT2D eigenvalue weighted by Crippen LogP contribution is -2.48. The first-order chi connectivity index (χ1) is 12.1. The van der Waals surface area contributed by atoms with Gasteiger partial charge in [-0.2, -0.15) is 0 Å². The van der Waals surface area contributed by atoms with Crippen molar-refractivity contribution in [2.45, 2.75) is 6.54 Å². The molecule has 0 spiro atoms. The Morgan fingerprint density at radius 2 is 1.72 bits per heavy atom. The van der Waals surface area contributed by atoms with Gasteiger partial charge in [-0.15, -0.1) is 0 Å². The van der Waals surface area contributed by atoms with Gasteiger partial charge in [0.2, 0.25) is 5.91 Å². The molecule has 2 aromatic carbocycles. The number of amides is 1. The van der Waals surface area contributed by atoms with E-state index in [2.05, 4.69) is 55.3 Å². The summed E-state index contributed by atoms with van der Waals surface area (Å²) >= 11 is 3.21. The predicted molar refractivity (Wildman–Crippen MR) is 101 cm³/mol. The van der Waals surface area contributed by atoms with Gasteiger partial charge in [-0.1, -0.05) is 46.3 Å². The van der Waals surface area contributed by atoms with Crippen LogP contribution in [-0.2, 0) is 11.3 Å². The number of piperazine rings is 1. The topological polar surface area (TPSA) is 35.6 Å². The molecule has 0 bridgehead atoms. The van der Waals surface area contributed by atoms with E-state index in [0.29, 0.717) is 4.47 Å². The van der Waals surface area contributed by atoms with Crippen LogP contribution in [-0.4, -0.2) is 48.4 Å². The summed E-state index contributed by atoms with van der Waals surface area (Å²) < 4.78 is 14.4. The molecular weight excluding hydrogens is 385 g/mol. The summed E-state index contributed by atoms with van der Waals surface area (Å²) in [7, 11) is 0. The highest BCUT2D eigenvalue weighted by Crippen LogP contribution is 2.19. The third-order valence-electron chi connectivity index (χ3n) is 4.29. The summed E-state index contributed by atoms with van der Waals surface area (Å²) in [5.41, 5.74) is 1.52. The van der Waals surface area contributed by atoms with Gasteiger partial charge in [-0.25, -0.2) is 4.39 Å². The van der Waals surface area contributed by atoms with Crippen molar-refractivity contribution in [3.05, 3.63) is 64.4 Å². The molecular formula is C19H21BrFN3O. The molecule has 1 heterocycles. The third kappa shape index (κ3) is 5.36. The minimum absolute atomic E-state index is 0.183. The summed E-state index contributed by atoms with van der Waals surface area (Å²) in [5, 5.41) is 2.65. The van der Waals surface area contributed by atoms with Crippen LogP contribution in [0.3, 0.4) is 0 Å². The highest BCUT2D eigenvalue weighted by molar-refractivity contribution is 9.10. The van der Waals surface area contributed by atoms with Crippen molar-refractivity contribution < 1.29 is 9.18 Å². The third-order valence-corrected chi connectivity index (χ3v) is 4.78. The van der Waals surface area contributed by atoms with E-state index in [1.54, 1.807) is 12.1 Å². The Kier molecular flexibility index (Phi) is 6.18. The van der Waals surface area contributed by atoms with Crippen LogP contribution in [0.1, 0.15) is 5.56 Å². The van der Waals surface area contributed by atoms with Crippen LogP contribution >= 0.6 is 15.9 Å². The van der Waals surface area contributed by atoms with Crippen LogP contribution in [0.25, 0.3) is 0 Å². The molecule has 4 nitrogen and oxygen atoms in total. The molecule has 0 atom stereocenters. The number of benzene rings is 2. The Balaban J connectivity index is 1.44. The normalized spacial score (nSPS) is 15.9. The average Bonchev–Trinajstić information content (AvgIpc) is 2.60. The first-order valence-corrected chi connectivity index (χ1v) is 9.13. The summed E-state index contributed by atoms with van der Waals surface area (Å²) in [6, 6.07) is 15.0. The number of nitrogens with zero attached hydrogens (tertiary/aromatic N) is 2. The van der Waals surface area contributed by atoms with Gasteiger partial charge < -0.3 is 5.32 Å². The van der Waals surface area contributed by atoms with E-state index < -0.39 is 5.82 Å². The van der Waals surface area contributed by atoms with E-state index in [1.807, 2.05) is 6.07 Å². The van der Waals surface area contributed by atoms with Crippen molar-refractivity contribution in [1.82, 2.24) is 9.80 Å². The molecule has 0 aliphatic carbocycles. The molecule has 1 fully saturated rings. The lowest BCUT2D eigenvalue weighted by atomic mass is 10.2. The van der Waals surface area contributed by atoms with Crippen LogP contribution in [0.5, 0.6) is 0 Å². The van der Waals surface area contributed by atoms with Gasteiger partial charge >= 0.3 is 0 Å². The van der Waals surface area contributed by atoms with Crippen LogP contribution in [0.2, 0.25) is 0 Å². The average molecular weight is 406 g/mol. The Hall–Kier alpha value is -1.76. The molecule has 1 aliphatic heterocycles. The van der Waals surface area contributed by atoms with Crippen LogP contribution in [0.4, 0.5) is 10.1 Å². The second kappa shape index (κ2) is 8.56. The molecule has 0 aromatic heterocycles. The van der Waals surface area contributed by atoms with Gasteiger partial charge in [0.25, 0.3) is 0 Å². The molecule has 3 rings (SSSR count). The predicted octanol–water partition coefficient (Wildman–Crippen LogP) is 3.34. The van der Waals surface area contributed by atoms with Crippen LogP contribution in [0, 0.1) is 5.82 Å². The second-order valence-corrected chi connectivity index (χ2v) is 7.13. The number of carbonyl (C=O) groups is 1. The fourth-order valence-electron chi connectivity index (χ4n) is 2.93. The van der Waals surface area contributed by atoms with Crippen molar-refractivity contribution in [1.29, 1.82) is 0 Å². The maximum absolute atomic E-state index is 13.8. The Labute approximate surface area is 155 Å². The minimum Gasteiger partial charge on any atom is -0.322 e. The molecule has 132 valence electrons. The Morgan fingerprint density at radius 1 is 1.04 bits per heavy atom. The number of anilines is 1. The smallest absolute Gasteiger partial charge is 0.238 e. The van der Waals surface area contributed by atoms with Crippen molar-refractivity contribution in [2.24, 2.45) is 0 Å². The van der Waals surface area contributed by atoms with Crippen LogP contribution in [0.15, 0.2) is 53.0 Å². The van der Waals surface area contributed by atoms with E-state index in [4.69, 9.17) is 0 Å². The summed E-state index contributed by atoms with van der Waals surface area (Å²) in [6.07, 6.45) is 0. The summed E-state index contributed by atoms with van der Waals surface area (Å²) in [4.78, 5) is 16.6. The zero-order chi connectivity index (χ0) is 17.6. The van der Waals surface area contributed by atoms with Gasteiger partial charge in [0.1, 0.15) is 5.82 Å². The van der Waals surface area contributed by atoms with Gasteiger partial charge in [0.15, 0.2) is 0 Å². The highest BCUT2D eigenvalue weighted by Gasteiger charge is 2.19. The zero-order valence-corrected chi connectivity index (χ0v) is 15.5. The molecule has 1 amide bonds. The first kappa shape index (κ1) is 18.0. The minimum atomic E-state index is -0.435. The van der Waals surface area contributed by atoms with Gasteiger partial charge in [-0.3, -0.25) is 14.6 Å². The number of carbonyl (C=O) groups excluding carboxylic acids is 1. The zero-order valence-electron chi connectivity index (χ0n) is 13.9. The molecule has 0 unspecified atom stereocenters. The number of hydrogen-bond acceptors (Lipinski definition) is 3. The summed E-state index contributed by atoms with van der Waals surface area (Å²) in [5.74, 6) is -0.617. The van der Waals surface area contributed by atoms with Gasteiger partial charge in [0.05, 0.1) is 12.2 Å². The lowest BCUT2D eigenvalue weighted by Gasteiger charge is -2.34. The molecule has 1 N–H and O–H groups in total. The molecule has 1 aliphatic rings. The fraction of sp³-hybridized carbons (Fsp3) is 0.316. The second-order valence-electron chi connectivity index (χ2n) is 6.21. The van der Waals surface area contributed by atoms with Crippen molar-refractivity contribution in [3.8, 4) is 0 Å². The highest BCUT2D eigenvalue weighted by atomic mass is 79.9. The first-order valence-electron chi connectivity index (χ1n) is 8.34. The van der Waals surface area contributed by atoms with Crippen LogP contribution < -0.4 is 5.32 Å². The Morgan fingerprint density at radius 3 is 2.40 bits per heavy atom. The van der Waals surface area contributed by atoms with Gasteiger partial charge in [0, 0.05) is 37.2 Å². The van der Waals surface area contributed by atoms with Crippen molar-refractivity contribution in [3.63, 3.8) is 0 Å². The number of hydrogen-bond donors (Lipinski definition) is 1. The lowest BCUT2D eigenvalue weighted by molar-refractivity contribution is -0.117. The fourth-order valence-corrected chi connectivity index (χ4v) is 3.26. The molecule has 0 saturated carbocycles.